The van der Waals surface area contributed by atoms with Crippen molar-refractivity contribution in [2.75, 3.05) is 0 Å². The molecule has 2 aromatic carbocycles. The Bertz CT molecular complexity index is 905. The van der Waals surface area contributed by atoms with Crippen molar-refractivity contribution in [2.45, 2.75) is 19.9 Å². The van der Waals surface area contributed by atoms with E-state index in [0.29, 0.717) is 16.9 Å². The predicted molar refractivity (Wildman–Crippen MR) is 98.3 cm³/mol. The molecule has 25 heavy (non-hydrogen) atoms. The van der Waals surface area contributed by atoms with Crippen LogP contribution >= 0.6 is 15.9 Å². The van der Waals surface area contributed by atoms with Gasteiger partial charge in [0.25, 0.3) is 5.91 Å². The van der Waals surface area contributed by atoms with Crippen LogP contribution in [0.15, 0.2) is 59.2 Å². The van der Waals surface area contributed by atoms with E-state index in [9.17, 15) is 9.18 Å². The zero-order valence-corrected chi connectivity index (χ0v) is 15.4. The zero-order chi connectivity index (χ0) is 18.0. The molecule has 1 unspecified atom stereocenters. The summed E-state index contributed by atoms with van der Waals surface area (Å²) in [6.07, 6.45) is 1.46. The lowest BCUT2D eigenvalue weighted by molar-refractivity contribution is 0.0939. The number of para-hydroxylation sites is 1. The second-order valence-electron chi connectivity index (χ2n) is 5.75. The first kappa shape index (κ1) is 17.4. The normalized spacial score (nSPS) is 12.0. The van der Waals surface area contributed by atoms with Gasteiger partial charge in [0.15, 0.2) is 0 Å². The monoisotopic (exact) mass is 401 g/mol. The summed E-state index contributed by atoms with van der Waals surface area (Å²) in [5, 5.41) is 7.12. The van der Waals surface area contributed by atoms with Gasteiger partial charge in [0.1, 0.15) is 11.5 Å². The van der Waals surface area contributed by atoms with Crippen LogP contribution in [-0.2, 0) is 0 Å². The minimum Gasteiger partial charge on any atom is -0.345 e. The third-order valence-electron chi connectivity index (χ3n) is 4.05. The lowest BCUT2D eigenvalue weighted by atomic mass is 10.1. The Morgan fingerprint density at radius 2 is 1.88 bits per heavy atom. The molecule has 0 spiro atoms. The summed E-state index contributed by atoms with van der Waals surface area (Å²) in [4.78, 5) is 12.6. The van der Waals surface area contributed by atoms with E-state index in [4.69, 9.17) is 0 Å². The molecule has 1 atom stereocenters. The van der Waals surface area contributed by atoms with Crippen LogP contribution in [0.25, 0.3) is 5.69 Å². The van der Waals surface area contributed by atoms with Crippen molar-refractivity contribution < 1.29 is 9.18 Å². The van der Waals surface area contributed by atoms with Gasteiger partial charge in [0.05, 0.1) is 23.5 Å². The number of carbonyl (C=O) groups excluding carboxylic acids is 1. The van der Waals surface area contributed by atoms with E-state index in [1.807, 2.05) is 31.2 Å². The van der Waals surface area contributed by atoms with Crippen LogP contribution in [0.4, 0.5) is 4.39 Å². The third kappa shape index (κ3) is 3.64. The molecule has 1 aromatic heterocycles. The second kappa shape index (κ2) is 7.19. The Kier molecular flexibility index (Phi) is 4.99. The van der Waals surface area contributed by atoms with Crippen LogP contribution in [0.3, 0.4) is 0 Å². The quantitative estimate of drug-likeness (QED) is 0.695. The number of benzene rings is 2. The van der Waals surface area contributed by atoms with E-state index in [0.717, 1.165) is 10.0 Å². The van der Waals surface area contributed by atoms with Gasteiger partial charge in [-0.1, -0.05) is 40.2 Å². The van der Waals surface area contributed by atoms with E-state index in [1.165, 1.54) is 16.9 Å². The van der Waals surface area contributed by atoms with E-state index >= 15 is 0 Å². The average Bonchev–Trinajstić information content (AvgIpc) is 2.97. The van der Waals surface area contributed by atoms with Crippen LogP contribution in [0.5, 0.6) is 0 Å². The minimum atomic E-state index is -0.385. The van der Waals surface area contributed by atoms with Gasteiger partial charge in [-0.3, -0.25) is 4.79 Å². The van der Waals surface area contributed by atoms with Gasteiger partial charge in [-0.15, -0.1) is 0 Å². The van der Waals surface area contributed by atoms with Crippen molar-refractivity contribution in [3.05, 3.63) is 81.8 Å². The molecule has 0 aliphatic heterocycles. The second-order valence-corrected chi connectivity index (χ2v) is 6.67. The summed E-state index contributed by atoms with van der Waals surface area (Å²) in [7, 11) is 0. The summed E-state index contributed by atoms with van der Waals surface area (Å²) >= 11 is 3.39. The van der Waals surface area contributed by atoms with Crippen molar-refractivity contribution in [1.82, 2.24) is 15.1 Å². The van der Waals surface area contributed by atoms with Crippen molar-refractivity contribution in [2.24, 2.45) is 0 Å². The lowest BCUT2D eigenvalue weighted by Crippen LogP contribution is -2.27. The number of amides is 1. The molecule has 6 heteroatoms. The maximum absolute atomic E-state index is 14.0. The van der Waals surface area contributed by atoms with Gasteiger partial charge in [-0.05, 0) is 43.7 Å². The smallest absolute Gasteiger partial charge is 0.255 e. The molecule has 1 heterocycles. The van der Waals surface area contributed by atoms with Gasteiger partial charge in [-0.25, -0.2) is 9.07 Å². The number of nitrogens with zero attached hydrogens (tertiary/aromatic N) is 2. The fourth-order valence-electron chi connectivity index (χ4n) is 2.61. The van der Waals surface area contributed by atoms with Gasteiger partial charge in [0, 0.05) is 4.47 Å². The summed E-state index contributed by atoms with van der Waals surface area (Å²) in [5.41, 5.74) is 2.33. The van der Waals surface area contributed by atoms with Gasteiger partial charge >= 0.3 is 0 Å². The fraction of sp³-hybridized carbons (Fsp3) is 0.158. The number of hydrogen-bond donors (Lipinski definition) is 1. The molecule has 0 radical (unpaired) electrons. The highest BCUT2D eigenvalue weighted by Crippen LogP contribution is 2.19. The molecule has 4 nitrogen and oxygen atoms in total. The summed E-state index contributed by atoms with van der Waals surface area (Å²) in [6, 6.07) is 13.9. The highest BCUT2D eigenvalue weighted by atomic mass is 79.9. The molecule has 0 saturated carbocycles. The number of aromatic nitrogens is 2. The molecular formula is C19H17BrFN3O. The molecule has 128 valence electrons. The van der Waals surface area contributed by atoms with Crippen LogP contribution in [0, 0.1) is 12.7 Å². The number of carbonyl (C=O) groups is 1. The Balaban J connectivity index is 1.82. The third-order valence-corrected chi connectivity index (χ3v) is 4.58. The van der Waals surface area contributed by atoms with E-state index in [-0.39, 0.29) is 17.8 Å². The molecule has 0 aliphatic carbocycles. The molecule has 3 rings (SSSR count). The molecule has 1 amide bonds. The molecule has 0 aliphatic rings. The van der Waals surface area contributed by atoms with E-state index in [1.54, 1.807) is 25.1 Å². The van der Waals surface area contributed by atoms with E-state index < -0.39 is 0 Å². The summed E-state index contributed by atoms with van der Waals surface area (Å²) < 4.78 is 16.4. The number of rotatable bonds is 4. The molecule has 0 fully saturated rings. The summed E-state index contributed by atoms with van der Waals surface area (Å²) in [6.45, 7) is 3.66. The van der Waals surface area contributed by atoms with Crippen molar-refractivity contribution in [3.8, 4) is 5.69 Å². The van der Waals surface area contributed by atoms with Crippen LogP contribution < -0.4 is 5.32 Å². The van der Waals surface area contributed by atoms with Crippen molar-refractivity contribution in [3.63, 3.8) is 0 Å². The Hall–Kier alpha value is -2.47. The summed E-state index contributed by atoms with van der Waals surface area (Å²) in [5.74, 6) is -0.626. The van der Waals surface area contributed by atoms with Crippen LogP contribution in [0.2, 0.25) is 0 Å². The SMILES string of the molecule is Cc1c(C(=O)NC(C)c2ccc(Br)cc2)cnn1-c1ccccc1F. The Morgan fingerprint density at radius 1 is 1.20 bits per heavy atom. The van der Waals surface area contributed by atoms with Gasteiger partial charge in [-0.2, -0.15) is 5.10 Å². The number of halogens is 2. The van der Waals surface area contributed by atoms with Gasteiger partial charge in [0.2, 0.25) is 0 Å². The average molecular weight is 402 g/mol. The Labute approximate surface area is 153 Å². The largest absolute Gasteiger partial charge is 0.345 e. The number of hydrogen-bond acceptors (Lipinski definition) is 2. The molecular weight excluding hydrogens is 385 g/mol. The minimum absolute atomic E-state index is 0.156. The van der Waals surface area contributed by atoms with Crippen molar-refractivity contribution >= 4 is 21.8 Å². The molecule has 1 N–H and O–H groups in total. The van der Waals surface area contributed by atoms with E-state index in [2.05, 4.69) is 26.3 Å². The number of nitrogens with one attached hydrogen (secondary N) is 1. The fourth-order valence-corrected chi connectivity index (χ4v) is 2.87. The molecule has 0 bridgehead atoms. The lowest BCUT2D eigenvalue weighted by Gasteiger charge is -2.14. The Morgan fingerprint density at radius 3 is 2.56 bits per heavy atom. The highest BCUT2D eigenvalue weighted by Gasteiger charge is 2.18. The zero-order valence-electron chi connectivity index (χ0n) is 13.8. The first-order chi connectivity index (χ1) is 12.0. The molecule has 3 aromatic rings. The predicted octanol–water partition coefficient (Wildman–Crippen LogP) is 4.57. The standard InChI is InChI=1S/C19H17BrFN3O/c1-12(14-7-9-15(20)10-8-14)23-19(25)16-11-22-24(13(16)2)18-6-4-3-5-17(18)21/h3-12H,1-2H3,(H,23,25). The van der Waals surface area contributed by atoms with Gasteiger partial charge < -0.3 is 5.32 Å². The maximum Gasteiger partial charge on any atom is 0.255 e. The highest BCUT2D eigenvalue weighted by molar-refractivity contribution is 9.10. The first-order valence-electron chi connectivity index (χ1n) is 7.83. The van der Waals surface area contributed by atoms with Crippen LogP contribution in [0.1, 0.15) is 34.6 Å². The van der Waals surface area contributed by atoms with Crippen LogP contribution in [-0.4, -0.2) is 15.7 Å². The van der Waals surface area contributed by atoms with Crippen molar-refractivity contribution in [1.29, 1.82) is 0 Å². The topological polar surface area (TPSA) is 46.9 Å². The first-order valence-corrected chi connectivity index (χ1v) is 8.62. The maximum atomic E-state index is 14.0. The molecule has 0 saturated heterocycles.